The fraction of sp³-hybridized carbons (Fsp3) is 0.667. The Kier molecular flexibility index (Phi) is 3.91. The highest BCUT2D eigenvalue weighted by molar-refractivity contribution is 7.99. The zero-order chi connectivity index (χ0) is 13.2. The first-order valence-corrected chi connectivity index (χ1v) is 8.26. The molecular formula is C9H12N2O5S2. The predicted molar refractivity (Wildman–Crippen MR) is 64.1 cm³/mol. The normalized spacial score (nSPS) is 22.1. The van der Waals surface area contributed by atoms with Gasteiger partial charge in [-0.3, -0.25) is 4.79 Å². The summed E-state index contributed by atoms with van der Waals surface area (Å²) in [5, 5.41) is 12.2. The van der Waals surface area contributed by atoms with E-state index in [4.69, 9.17) is 9.63 Å². The van der Waals surface area contributed by atoms with Crippen LogP contribution in [0.5, 0.6) is 0 Å². The van der Waals surface area contributed by atoms with Crippen LogP contribution in [0.3, 0.4) is 0 Å². The molecule has 1 atom stereocenters. The number of sulfone groups is 1. The van der Waals surface area contributed by atoms with E-state index < -0.39 is 15.8 Å². The first-order valence-electron chi connectivity index (χ1n) is 5.29. The molecule has 0 aromatic carbocycles. The second-order valence-electron chi connectivity index (χ2n) is 4.03. The maximum atomic E-state index is 11.3. The van der Waals surface area contributed by atoms with Crippen molar-refractivity contribution in [3.63, 3.8) is 0 Å². The third-order valence-electron chi connectivity index (χ3n) is 2.53. The highest BCUT2D eigenvalue weighted by Crippen LogP contribution is 2.27. The van der Waals surface area contributed by atoms with Gasteiger partial charge in [-0.25, -0.2) is 8.42 Å². The Morgan fingerprint density at radius 1 is 1.56 bits per heavy atom. The quantitative estimate of drug-likeness (QED) is 0.824. The molecule has 1 aromatic heterocycles. The molecule has 9 heteroatoms. The molecule has 0 bridgehead atoms. The number of nitrogens with zero attached hydrogens (tertiary/aromatic N) is 2. The summed E-state index contributed by atoms with van der Waals surface area (Å²) in [5.41, 5.74) is 0. The second kappa shape index (κ2) is 5.27. The van der Waals surface area contributed by atoms with E-state index in [-0.39, 0.29) is 23.2 Å². The Morgan fingerprint density at radius 3 is 2.94 bits per heavy atom. The van der Waals surface area contributed by atoms with Crippen LogP contribution in [0.2, 0.25) is 0 Å². The maximum Gasteiger partial charge on any atom is 0.313 e. The number of thioether (sulfide) groups is 1. The van der Waals surface area contributed by atoms with Gasteiger partial charge in [0.2, 0.25) is 5.89 Å². The van der Waals surface area contributed by atoms with Crippen molar-refractivity contribution in [3.05, 3.63) is 11.7 Å². The number of carboxylic acid groups (broad SMARTS) is 1. The monoisotopic (exact) mass is 292 g/mol. The van der Waals surface area contributed by atoms with Crippen molar-refractivity contribution in [2.24, 2.45) is 0 Å². The lowest BCUT2D eigenvalue weighted by Crippen LogP contribution is -2.05. The second-order valence-corrected chi connectivity index (χ2v) is 7.25. The number of hydrogen-bond donors (Lipinski definition) is 1. The third-order valence-corrected chi connectivity index (χ3v) is 5.20. The lowest BCUT2D eigenvalue weighted by atomic mass is 10.1. The fourth-order valence-corrected chi connectivity index (χ4v) is 4.02. The van der Waals surface area contributed by atoms with Crippen molar-refractivity contribution >= 4 is 27.6 Å². The van der Waals surface area contributed by atoms with Gasteiger partial charge in [0.05, 0.1) is 23.0 Å². The van der Waals surface area contributed by atoms with Crippen LogP contribution in [-0.2, 0) is 20.4 Å². The van der Waals surface area contributed by atoms with Gasteiger partial charge >= 0.3 is 5.97 Å². The van der Waals surface area contributed by atoms with E-state index in [0.717, 1.165) is 11.8 Å². The van der Waals surface area contributed by atoms with Crippen molar-refractivity contribution in [2.75, 3.05) is 17.3 Å². The van der Waals surface area contributed by atoms with Gasteiger partial charge in [0.15, 0.2) is 15.7 Å². The fourth-order valence-electron chi connectivity index (χ4n) is 1.72. The summed E-state index contributed by atoms with van der Waals surface area (Å²) in [7, 11) is -2.97. The largest absolute Gasteiger partial charge is 0.481 e. The number of carboxylic acids is 1. The Balaban J connectivity index is 1.92. The molecule has 1 N–H and O–H groups in total. The van der Waals surface area contributed by atoms with Crippen molar-refractivity contribution in [3.8, 4) is 0 Å². The number of hydrogen-bond acceptors (Lipinski definition) is 7. The number of rotatable bonds is 5. The Bertz CT molecular complexity index is 539. The summed E-state index contributed by atoms with van der Waals surface area (Å²) in [6.07, 6.45) is 0.517. The van der Waals surface area contributed by atoms with Gasteiger partial charge in [0, 0.05) is 5.92 Å². The van der Waals surface area contributed by atoms with Crippen molar-refractivity contribution < 1.29 is 22.8 Å². The van der Waals surface area contributed by atoms with Crippen LogP contribution in [0.25, 0.3) is 0 Å². The highest BCUT2D eigenvalue weighted by atomic mass is 32.2. The predicted octanol–water partition coefficient (Wildman–Crippen LogP) is 0.290. The molecule has 1 aromatic rings. The van der Waals surface area contributed by atoms with Gasteiger partial charge in [-0.05, 0) is 6.42 Å². The first-order chi connectivity index (χ1) is 8.46. The molecule has 0 aliphatic carbocycles. The minimum absolute atomic E-state index is 0.0322. The minimum Gasteiger partial charge on any atom is -0.481 e. The lowest BCUT2D eigenvalue weighted by molar-refractivity contribution is -0.133. The van der Waals surface area contributed by atoms with E-state index in [0.29, 0.717) is 23.9 Å². The molecule has 1 aliphatic rings. The molecule has 7 nitrogen and oxygen atoms in total. The van der Waals surface area contributed by atoms with E-state index >= 15 is 0 Å². The van der Waals surface area contributed by atoms with Crippen LogP contribution in [0.15, 0.2) is 4.52 Å². The van der Waals surface area contributed by atoms with Crippen LogP contribution in [0, 0.1) is 0 Å². The molecule has 18 heavy (non-hydrogen) atoms. The third kappa shape index (κ3) is 3.45. The van der Waals surface area contributed by atoms with Gasteiger partial charge in [-0.2, -0.15) is 4.98 Å². The van der Waals surface area contributed by atoms with Crippen molar-refractivity contribution in [1.82, 2.24) is 10.1 Å². The summed E-state index contributed by atoms with van der Waals surface area (Å²) < 4.78 is 27.6. The first kappa shape index (κ1) is 13.3. The molecule has 1 unspecified atom stereocenters. The molecule has 100 valence electrons. The topological polar surface area (TPSA) is 110 Å². The van der Waals surface area contributed by atoms with Gasteiger partial charge < -0.3 is 9.63 Å². The van der Waals surface area contributed by atoms with Crippen LogP contribution < -0.4 is 0 Å². The van der Waals surface area contributed by atoms with Crippen LogP contribution in [0.4, 0.5) is 0 Å². The molecule has 0 radical (unpaired) electrons. The Hall–Kier alpha value is -1.09. The Labute approximate surface area is 108 Å². The summed E-state index contributed by atoms with van der Waals surface area (Å²) in [4.78, 5) is 14.4. The smallest absolute Gasteiger partial charge is 0.313 e. The van der Waals surface area contributed by atoms with E-state index in [1.165, 1.54) is 0 Å². The summed E-state index contributed by atoms with van der Waals surface area (Å²) in [6, 6.07) is 0. The zero-order valence-corrected chi connectivity index (χ0v) is 11.0. The lowest BCUT2D eigenvalue weighted by Gasteiger charge is -1.98. The van der Waals surface area contributed by atoms with E-state index in [9.17, 15) is 13.2 Å². The summed E-state index contributed by atoms with van der Waals surface area (Å²) >= 11 is 1.16. The molecular weight excluding hydrogens is 280 g/mol. The van der Waals surface area contributed by atoms with Gasteiger partial charge in [0.1, 0.15) is 0 Å². The van der Waals surface area contributed by atoms with E-state index in [1.54, 1.807) is 0 Å². The molecule has 0 spiro atoms. The van der Waals surface area contributed by atoms with Gasteiger partial charge in [-0.1, -0.05) is 5.16 Å². The summed E-state index contributed by atoms with van der Waals surface area (Å²) in [6.45, 7) is 0. The maximum absolute atomic E-state index is 11.3. The average molecular weight is 292 g/mol. The molecule has 1 aliphatic heterocycles. The van der Waals surface area contributed by atoms with Crippen molar-refractivity contribution in [1.29, 1.82) is 0 Å². The van der Waals surface area contributed by atoms with Gasteiger partial charge in [-0.15, -0.1) is 11.8 Å². The average Bonchev–Trinajstić information content (AvgIpc) is 2.84. The van der Waals surface area contributed by atoms with Crippen LogP contribution in [0.1, 0.15) is 24.1 Å². The van der Waals surface area contributed by atoms with Crippen LogP contribution in [-0.4, -0.2) is 46.9 Å². The Morgan fingerprint density at radius 2 is 2.33 bits per heavy atom. The standard InChI is InChI=1S/C9H12N2O5S2/c12-8(13)4-17-3-7-10-9(11-16-7)6-1-2-18(14,15)5-6/h6H,1-5H2,(H,12,13). The van der Waals surface area contributed by atoms with Crippen molar-refractivity contribution in [2.45, 2.75) is 18.1 Å². The van der Waals surface area contributed by atoms with Gasteiger partial charge in [0.25, 0.3) is 0 Å². The van der Waals surface area contributed by atoms with Crippen LogP contribution >= 0.6 is 11.8 Å². The number of carbonyl (C=O) groups is 1. The molecule has 1 fully saturated rings. The molecule has 1 saturated heterocycles. The minimum atomic E-state index is -2.97. The SMILES string of the molecule is O=C(O)CSCc1nc(C2CCS(=O)(=O)C2)no1. The molecule has 2 heterocycles. The van der Waals surface area contributed by atoms with E-state index in [2.05, 4.69) is 10.1 Å². The van der Waals surface area contributed by atoms with E-state index in [1.807, 2.05) is 0 Å². The number of aromatic nitrogens is 2. The zero-order valence-electron chi connectivity index (χ0n) is 9.40. The highest BCUT2D eigenvalue weighted by Gasteiger charge is 2.32. The molecule has 2 rings (SSSR count). The number of aliphatic carboxylic acids is 1. The molecule has 0 amide bonds. The molecule has 0 saturated carbocycles. The summed E-state index contributed by atoms with van der Waals surface area (Å²) in [5.74, 6) is 0.152.